The van der Waals surface area contributed by atoms with Crippen LogP contribution in [-0.2, 0) is 13.1 Å². The van der Waals surface area contributed by atoms with Crippen LogP contribution in [0.2, 0.25) is 0 Å². The average molecular weight is 290 g/mol. The van der Waals surface area contributed by atoms with Gasteiger partial charge in [0.05, 0.1) is 18.8 Å². The van der Waals surface area contributed by atoms with E-state index in [0.717, 1.165) is 17.1 Å². The van der Waals surface area contributed by atoms with Crippen LogP contribution in [0.5, 0.6) is 5.75 Å². The van der Waals surface area contributed by atoms with Crippen molar-refractivity contribution in [3.8, 4) is 5.75 Å². The van der Waals surface area contributed by atoms with Crippen molar-refractivity contribution in [2.45, 2.75) is 39.5 Å². The molecule has 2 N–H and O–H groups in total. The van der Waals surface area contributed by atoms with Gasteiger partial charge >= 0.3 is 0 Å². The van der Waals surface area contributed by atoms with E-state index in [0.29, 0.717) is 19.5 Å². The number of nitrogens with zero attached hydrogens (tertiary/aromatic N) is 3. The Kier molecular flexibility index (Phi) is 5.57. The van der Waals surface area contributed by atoms with Crippen molar-refractivity contribution >= 4 is 5.69 Å². The van der Waals surface area contributed by atoms with Crippen LogP contribution in [-0.4, -0.2) is 32.8 Å². The van der Waals surface area contributed by atoms with Crippen LogP contribution in [0.3, 0.4) is 0 Å². The summed E-state index contributed by atoms with van der Waals surface area (Å²) in [5.41, 5.74) is 1.88. The van der Waals surface area contributed by atoms with E-state index in [2.05, 4.69) is 15.6 Å². The van der Waals surface area contributed by atoms with Crippen molar-refractivity contribution < 1.29 is 9.84 Å². The number of hydrogen-bond donors (Lipinski definition) is 2. The van der Waals surface area contributed by atoms with E-state index in [1.165, 1.54) is 0 Å². The van der Waals surface area contributed by atoms with Crippen molar-refractivity contribution in [1.29, 1.82) is 0 Å². The van der Waals surface area contributed by atoms with E-state index in [4.69, 9.17) is 9.84 Å². The van der Waals surface area contributed by atoms with Gasteiger partial charge in [-0.05, 0) is 44.5 Å². The zero-order valence-corrected chi connectivity index (χ0v) is 12.5. The lowest BCUT2D eigenvalue weighted by atomic mass is 10.3. The summed E-state index contributed by atoms with van der Waals surface area (Å²) in [6, 6.07) is 7.85. The number of aliphatic hydroxyl groups is 1. The number of aryl methyl sites for hydroxylation is 1. The molecule has 0 aliphatic rings. The third kappa shape index (κ3) is 5.07. The fraction of sp³-hybridized carbons (Fsp3) is 0.467. The van der Waals surface area contributed by atoms with Gasteiger partial charge in [0, 0.05) is 18.8 Å². The van der Waals surface area contributed by atoms with Crippen LogP contribution < -0.4 is 10.1 Å². The molecule has 6 heteroatoms. The summed E-state index contributed by atoms with van der Waals surface area (Å²) in [4.78, 5) is 0. The predicted octanol–water partition coefficient (Wildman–Crippen LogP) is 2.06. The normalized spacial score (nSPS) is 10.9. The molecule has 1 heterocycles. The quantitative estimate of drug-likeness (QED) is 0.778. The number of nitrogens with one attached hydrogen (secondary N) is 1. The highest BCUT2D eigenvalue weighted by Crippen LogP contribution is 2.17. The maximum absolute atomic E-state index is 8.78. The zero-order chi connectivity index (χ0) is 15.1. The van der Waals surface area contributed by atoms with Crippen LogP contribution >= 0.6 is 0 Å². The first-order valence-corrected chi connectivity index (χ1v) is 7.18. The molecule has 0 aliphatic carbocycles. The Morgan fingerprint density at radius 3 is 2.71 bits per heavy atom. The van der Waals surface area contributed by atoms with Gasteiger partial charge in [-0.2, -0.15) is 0 Å². The molecule has 2 rings (SSSR count). The summed E-state index contributed by atoms with van der Waals surface area (Å²) in [6.45, 7) is 5.48. The summed E-state index contributed by atoms with van der Waals surface area (Å²) in [7, 11) is 0. The summed E-state index contributed by atoms with van der Waals surface area (Å²) in [5.74, 6) is 0.866. The van der Waals surface area contributed by atoms with Crippen molar-refractivity contribution in [1.82, 2.24) is 15.0 Å². The third-order valence-electron chi connectivity index (χ3n) is 2.83. The first-order valence-electron chi connectivity index (χ1n) is 7.18. The van der Waals surface area contributed by atoms with Crippen LogP contribution in [0, 0.1) is 0 Å². The minimum Gasteiger partial charge on any atom is -0.491 e. The molecule has 0 atom stereocenters. The minimum absolute atomic E-state index is 0.165. The molecule has 1 aromatic heterocycles. The van der Waals surface area contributed by atoms with Crippen LogP contribution in [0.1, 0.15) is 26.0 Å². The van der Waals surface area contributed by atoms with E-state index in [1.54, 1.807) is 4.68 Å². The number of hydrogen-bond acceptors (Lipinski definition) is 5. The van der Waals surface area contributed by atoms with E-state index in [-0.39, 0.29) is 12.7 Å². The van der Waals surface area contributed by atoms with E-state index in [9.17, 15) is 0 Å². The van der Waals surface area contributed by atoms with E-state index >= 15 is 0 Å². The van der Waals surface area contributed by atoms with Crippen LogP contribution in [0.4, 0.5) is 5.69 Å². The number of anilines is 1. The fourth-order valence-electron chi connectivity index (χ4n) is 1.88. The molecule has 0 saturated heterocycles. The largest absolute Gasteiger partial charge is 0.491 e. The molecule has 2 aromatic rings. The lowest BCUT2D eigenvalue weighted by Gasteiger charge is -2.10. The van der Waals surface area contributed by atoms with Gasteiger partial charge in [0.25, 0.3) is 0 Å². The van der Waals surface area contributed by atoms with Crippen molar-refractivity contribution in [2.75, 3.05) is 11.9 Å². The second kappa shape index (κ2) is 7.64. The molecule has 1 aromatic carbocycles. The van der Waals surface area contributed by atoms with Gasteiger partial charge in [-0.25, -0.2) is 0 Å². The molecule has 0 aliphatic heterocycles. The highest BCUT2D eigenvalue weighted by molar-refractivity contribution is 5.46. The number of aromatic nitrogens is 3. The van der Waals surface area contributed by atoms with Gasteiger partial charge in [0.1, 0.15) is 11.4 Å². The third-order valence-corrected chi connectivity index (χ3v) is 2.83. The number of aliphatic hydroxyl groups excluding tert-OH is 1. The monoisotopic (exact) mass is 290 g/mol. The molecule has 21 heavy (non-hydrogen) atoms. The number of ether oxygens (including phenoxy) is 1. The maximum Gasteiger partial charge on any atom is 0.119 e. The lowest BCUT2D eigenvalue weighted by molar-refractivity contribution is 0.242. The lowest BCUT2D eigenvalue weighted by Crippen LogP contribution is -2.05. The molecule has 0 unspecified atom stereocenters. The molecular weight excluding hydrogens is 268 g/mol. The number of rotatable bonds is 8. The fourth-order valence-corrected chi connectivity index (χ4v) is 1.88. The van der Waals surface area contributed by atoms with Gasteiger partial charge in [-0.1, -0.05) is 5.21 Å². The van der Waals surface area contributed by atoms with E-state index < -0.39 is 0 Å². The Morgan fingerprint density at radius 2 is 2.05 bits per heavy atom. The molecule has 114 valence electrons. The molecular formula is C15H22N4O2. The number of benzene rings is 1. The van der Waals surface area contributed by atoms with Crippen LogP contribution in [0.15, 0.2) is 30.5 Å². The highest BCUT2D eigenvalue weighted by Gasteiger charge is 2.02. The van der Waals surface area contributed by atoms with Crippen molar-refractivity contribution in [2.24, 2.45) is 0 Å². The second-order valence-electron chi connectivity index (χ2n) is 5.09. The molecule has 0 radical (unpaired) electrons. The Bertz CT molecular complexity index is 537. The molecule has 6 nitrogen and oxygen atoms in total. The van der Waals surface area contributed by atoms with Crippen molar-refractivity contribution in [3.63, 3.8) is 0 Å². The van der Waals surface area contributed by atoms with Gasteiger partial charge < -0.3 is 15.2 Å². The Morgan fingerprint density at radius 1 is 1.29 bits per heavy atom. The topological polar surface area (TPSA) is 72.2 Å². The minimum atomic E-state index is 0.165. The Labute approximate surface area is 124 Å². The van der Waals surface area contributed by atoms with E-state index in [1.807, 2.05) is 44.3 Å². The highest BCUT2D eigenvalue weighted by atomic mass is 16.5. The SMILES string of the molecule is CC(C)Oc1ccc(NCc2cn(CCCO)nn2)cc1. The molecule has 0 fully saturated rings. The zero-order valence-electron chi connectivity index (χ0n) is 12.5. The summed E-state index contributed by atoms with van der Waals surface area (Å²) in [5, 5.41) is 20.2. The van der Waals surface area contributed by atoms with Crippen LogP contribution in [0.25, 0.3) is 0 Å². The average Bonchev–Trinajstić information content (AvgIpc) is 2.92. The van der Waals surface area contributed by atoms with Crippen molar-refractivity contribution in [3.05, 3.63) is 36.2 Å². The predicted molar refractivity (Wildman–Crippen MR) is 81.3 cm³/mol. The second-order valence-corrected chi connectivity index (χ2v) is 5.09. The Hall–Kier alpha value is -2.08. The summed E-state index contributed by atoms with van der Waals surface area (Å²) >= 11 is 0. The van der Waals surface area contributed by atoms with Gasteiger partial charge in [-0.3, -0.25) is 4.68 Å². The maximum atomic E-state index is 8.78. The first kappa shape index (κ1) is 15.3. The summed E-state index contributed by atoms with van der Waals surface area (Å²) < 4.78 is 7.34. The smallest absolute Gasteiger partial charge is 0.119 e. The summed E-state index contributed by atoms with van der Waals surface area (Å²) in [6.07, 6.45) is 2.75. The molecule has 0 amide bonds. The molecule has 0 spiro atoms. The standard InChI is InChI=1S/C15H22N4O2/c1-12(2)21-15-6-4-13(5-7-15)16-10-14-11-19(18-17-14)8-3-9-20/h4-7,11-12,16,20H,3,8-10H2,1-2H3. The molecule has 0 saturated carbocycles. The molecule has 0 bridgehead atoms. The van der Waals surface area contributed by atoms with Gasteiger partial charge in [0.15, 0.2) is 0 Å². The first-order chi connectivity index (χ1) is 10.2. The Balaban J connectivity index is 1.83. The van der Waals surface area contributed by atoms with Gasteiger partial charge in [-0.15, -0.1) is 5.10 Å². The van der Waals surface area contributed by atoms with Gasteiger partial charge in [0.2, 0.25) is 0 Å².